The molecule has 5 heteroatoms. The number of hydrogen-bond donors (Lipinski definition) is 2. The standard InChI is InChI=1S/C26H37N3O2/c1-3-5-7-9-19-29(20-10-8-6-4-2)24-15-11-22(12-16-24)21-27-28-26(31)23-13-17-25(30)18-14-23/h11-18,21,30H,3-10,19-20H2,1-2H3,(H,28,31)/b27-21+. The average molecular weight is 424 g/mol. The monoisotopic (exact) mass is 423 g/mol. The zero-order valence-electron chi connectivity index (χ0n) is 19.0. The second-order valence-corrected chi connectivity index (χ2v) is 7.95. The summed E-state index contributed by atoms with van der Waals surface area (Å²) in [6, 6.07) is 14.4. The molecule has 1 amide bonds. The minimum atomic E-state index is -0.307. The Hall–Kier alpha value is -2.82. The molecule has 31 heavy (non-hydrogen) atoms. The molecular weight excluding hydrogens is 386 g/mol. The topological polar surface area (TPSA) is 64.9 Å². The van der Waals surface area contributed by atoms with Crippen LogP contribution in [-0.2, 0) is 0 Å². The van der Waals surface area contributed by atoms with Gasteiger partial charge in [-0.1, -0.05) is 64.5 Å². The lowest BCUT2D eigenvalue weighted by atomic mass is 10.1. The van der Waals surface area contributed by atoms with E-state index in [-0.39, 0.29) is 11.7 Å². The van der Waals surface area contributed by atoms with E-state index in [2.05, 4.69) is 41.4 Å². The fraction of sp³-hybridized carbons (Fsp3) is 0.462. The van der Waals surface area contributed by atoms with E-state index < -0.39 is 0 Å². The second kappa shape index (κ2) is 14.2. The normalized spacial score (nSPS) is 11.0. The second-order valence-electron chi connectivity index (χ2n) is 7.95. The highest BCUT2D eigenvalue weighted by atomic mass is 16.3. The van der Waals surface area contributed by atoms with Crippen LogP contribution in [0.15, 0.2) is 53.6 Å². The molecule has 2 rings (SSSR count). The van der Waals surface area contributed by atoms with Crippen LogP contribution in [0.1, 0.15) is 81.1 Å². The van der Waals surface area contributed by atoms with Crippen LogP contribution in [0, 0.1) is 0 Å². The van der Waals surface area contributed by atoms with Crippen molar-refractivity contribution >= 4 is 17.8 Å². The first-order valence-electron chi connectivity index (χ1n) is 11.6. The van der Waals surface area contributed by atoms with E-state index >= 15 is 0 Å². The SMILES string of the molecule is CCCCCCN(CCCCCC)c1ccc(/C=N/NC(=O)c2ccc(O)cc2)cc1. The van der Waals surface area contributed by atoms with Crippen LogP contribution in [0.25, 0.3) is 0 Å². The molecule has 2 aromatic rings. The molecule has 0 radical (unpaired) electrons. The van der Waals surface area contributed by atoms with Crippen molar-refractivity contribution < 1.29 is 9.90 Å². The van der Waals surface area contributed by atoms with Crippen molar-refractivity contribution in [2.24, 2.45) is 5.10 Å². The number of amides is 1. The summed E-state index contributed by atoms with van der Waals surface area (Å²) in [6.45, 7) is 6.69. The predicted octanol–water partition coefficient (Wildman–Crippen LogP) is 6.12. The number of benzene rings is 2. The van der Waals surface area contributed by atoms with E-state index in [1.54, 1.807) is 18.3 Å². The lowest BCUT2D eigenvalue weighted by Crippen LogP contribution is -2.25. The molecule has 168 valence electrons. The molecule has 0 aromatic heterocycles. The Bertz CT molecular complexity index is 773. The third-order valence-electron chi connectivity index (χ3n) is 5.33. The summed E-state index contributed by atoms with van der Waals surface area (Å²) in [6.07, 6.45) is 11.8. The van der Waals surface area contributed by atoms with Gasteiger partial charge >= 0.3 is 0 Å². The Kier molecular flexibility index (Phi) is 11.2. The van der Waals surface area contributed by atoms with Gasteiger partial charge in [0.2, 0.25) is 0 Å². The van der Waals surface area contributed by atoms with Crippen molar-refractivity contribution in [3.05, 3.63) is 59.7 Å². The van der Waals surface area contributed by atoms with Crippen LogP contribution in [0.3, 0.4) is 0 Å². The predicted molar refractivity (Wildman–Crippen MR) is 130 cm³/mol. The van der Waals surface area contributed by atoms with Gasteiger partial charge < -0.3 is 10.0 Å². The third kappa shape index (κ3) is 9.24. The summed E-state index contributed by atoms with van der Waals surface area (Å²) in [5.41, 5.74) is 5.16. The Labute approximate surface area is 187 Å². The number of unbranched alkanes of at least 4 members (excludes halogenated alkanes) is 6. The first-order valence-corrected chi connectivity index (χ1v) is 11.6. The van der Waals surface area contributed by atoms with E-state index in [1.807, 2.05) is 12.1 Å². The van der Waals surface area contributed by atoms with Gasteiger partial charge in [0.1, 0.15) is 5.75 Å². The van der Waals surface area contributed by atoms with E-state index in [1.165, 1.54) is 69.2 Å². The third-order valence-corrected chi connectivity index (χ3v) is 5.33. The van der Waals surface area contributed by atoms with Crippen LogP contribution in [-0.4, -0.2) is 30.3 Å². The molecule has 0 atom stereocenters. The van der Waals surface area contributed by atoms with Gasteiger partial charge in [0.05, 0.1) is 6.21 Å². The van der Waals surface area contributed by atoms with Gasteiger partial charge in [-0.15, -0.1) is 0 Å². The molecule has 2 N–H and O–H groups in total. The van der Waals surface area contributed by atoms with Crippen LogP contribution < -0.4 is 10.3 Å². The van der Waals surface area contributed by atoms with Gasteiger partial charge in [-0.3, -0.25) is 4.79 Å². The minimum absolute atomic E-state index is 0.130. The number of carbonyl (C=O) groups is 1. The molecule has 0 heterocycles. The van der Waals surface area contributed by atoms with Crippen LogP contribution in [0.5, 0.6) is 5.75 Å². The number of anilines is 1. The van der Waals surface area contributed by atoms with Crippen molar-refractivity contribution in [1.82, 2.24) is 5.43 Å². The van der Waals surface area contributed by atoms with Gasteiger partial charge in [0, 0.05) is 24.3 Å². The number of hydrazone groups is 1. The first kappa shape index (κ1) is 24.4. The van der Waals surface area contributed by atoms with Crippen molar-refractivity contribution in [1.29, 1.82) is 0 Å². The number of carbonyl (C=O) groups excluding carboxylic acids is 1. The number of nitrogens with zero attached hydrogens (tertiary/aromatic N) is 2. The van der Waals surface area contributed by atoms with Gasteiger partial charge in [0.25, 0.3) is 5.91 Å². The van der Waals surface area contributed by atoms with Crippen molar-refractivity contribution in [2.75, 3.05) is 18.0 Å². The zero-order valence-corrected chi connectivity index (χ0v) is 19.0. The number of phenols is 1. The maximum absolute atomic E-state index is 12.1. The molecule has 0 aliphatic heterocycles. The molecule has 0 unspecified atom stereocenters. The van der Waals surface area contributed by atoms with Crippen LogP contribution in [0.4, 0.5) is 5.69 Å². The Morgan fingerprint density at radius 2 is 1.45 bits per heavy atom. The number of rotatable bonds is 14. The number of aromatic hydroxyl groups is 1. The highest BCUT2D eigenvalue weighted by Crippen LogP contribution is 2.18. The van der Waals surface area contributed by atoms with Crippen LogP contribution in [0.2, 0.25) is 0 Å². The molecule has 5 nitrogen and oxygen atoms in total. The van der Waals surface area contributed by atoms with Crippen molar-refractivity contribution in [3.8, 4) is 5.75 Å². The highest BCUT2D eigenvalue weighted by molar-refractivity contribution is 5.95. The summed E-state index contributed by atoms with van der Waals surface area (Å²) in [4.78, 5) is 14.6. The minimum Gasteiger partial charge on any atom is -0.508 e. The molecule has 0 aliphatic rings. The number of hydrogen-bond acceptors (Lipinski definition) is 4. The van der Waals surface area contributed by atoms with Crippen molar-refractivity contribution in [3.63, 3.8) is 0 Å². The summed E-state index contributed by atoms with van der Waals surface area (Å²) in [5.74, 6) is -0.178. The lowest BCUT2D eigenvalue weighted by Gasteiger charge is -2.25. The van der Waals surface area contributed by atoms with E-state index in [0.717, 1.165) is 18.7 Å². The Balaban J connectivity index is 1.91. The summed E-state index contributed by atoms with van der Waals surface area (Å²) < 4.78 is 0. The number of phenolic OH excluding ortho intramolecular Hbond substituents is 1. The molecular formula is C26H37N3O2. The van der Waals surface area contributed by atoms with Crippen molar-refractivity contribution in [2.45, 2.75) is 65.2 Å². The molecule has 0 saturated heterocycles. The molecule has 0 aliphatic carbocycles. The Morgan fingerprint density at radius 1 is 0.871 bits per heavy atom. The molecule has 0 fully saturated rings. The molecule has 0 saturated carbocycles. The van der Waals surface area contributed by atoms with E-state index in [4.69, 9.17) is 0 Å². The van der Waals surface area contributed by atoms with Gasteiger partial charge in [-0.2, -0.15) is 5.10 Å². The average Bonchev–Trinajstić information content (AvgIpc) is 2.79. The first-order chi connectivity index (χ1) is 15.1. The van der Waals surface area contributed by atoms with E-state index in [0.29, 0.717) is 5.56 Å². The quantitative estimate of drug-likeness (QED) is 0.218. The number of nitrogens with one attached hydrogen (secondary N) is 1. The summed E-state index contributed by atoms with van der Waals surface area (Å²) in [7, 11) is 0. The van der Waals surface area contributed by atoms with Gasteiger partial charge in [0.15, 0.2) is 0 Å². The van der Waals surface area contributed by atoms with Crippen LogP contribution >= 0.6 is 0 Å². The fourth-order valence-electron chi connectivity index (χ4n) is 3.44. The lowest BCUT2D eigenvalue weighted by molar-refractivity contribution is 0.0955. The molecule has 0 bridgehead atoms. The molecule has 2 aromatic carbocycles. The zero-order chi connectivity index (χ0) is 22.3. The van der Waals surface area contributed by atoms with Gasteiger partial charge in [-0.25, -0.2) is 5.43 Å². The fourth-order valence-corrected chi connectivity index (χ4v) is 3.44. The smallest absolute Gasteiger partial charge is 0.271 e. The Morgan fingerprint density at radius 3 is 2.00 bits per heavy atom. The molecule has 0 spiro atoms. The van der Waals surface area contributed by atoms with Gasteiger partial charge in [-0.05, 0) is 54.8 Å². The summed E-state index contributed by atoms with van der Waals surface area (Å²) >= 11 is 0. The highest BCUT2D eigenvalue weighted by Gasteiger charge is 2.07. The maximum atomic E-state index is 12.1. The maximum Gasteiger partial charge on any atom is 0.271 e. The van der Waals surface area contributed by atoms with E-state index in [9.17, 15) is 9.90 Å². The summed E-state index contributed by atoms with van der Waals surface area (Å²) in [5, 5.41) is 13.4. The largest absolute Gasteiger partial charge is 0.508 e.